The quantitative estimate of drug-likeness (QED) is 0.618. The molecule has 5 nitrogen and oxygen atoms in total. The van der Waals surface area contributed by atoms with Gasteiger partial charge in [0, 0.05) is 16.3 Å². The molecule has 142 valence electrons. The molecule has 1 saturated heterocycles. The summed E-state index contributed by atoms with van der Waals surface area (Å²) >= 11 is 5.85. The maximum Gasteiger partial charge on any atom is 0.255 e. The first-order valence-electron chi connectivity index (χ1n) is 9.14. The Kier molecular flexibility index (Phi) is 4.77. The van der Waals surface area contributed by atoms with Gasteiger partial charge in [0.05, 0.1) is 17.5 Å². The van der Waals surface area contributed by atoms with Gasteiger partial charge in [-0.1, -0.05) is 23.3 Å². The van der Waals surface area contributed by atoms with E-state index in [0.29, 0.717) is 34.8 Å². The molecule has 0 radical (unpaired) electrons. The lowest BCUT2D eigenvalue weighted by molar-refractivity contribution is -0.122. The minimum absolute atomic E-state index is 0.152. The van der Waals surface area contributed by atoms with Crippen LogP contribution in [0.25, 0.3) is 0 Å². The highest BCUT2D eigenvalue weighted by molar-refractivity contribution is 6.30. The third kappa shape index (κ3) is 3.34. The molecule has 0 unspecified atom stereocenters. The first-order valence-corrected chi connectivity index (χ1v) is 9.52. The Labute approximate surface area is 168 Å². The van der Waals surface area contributed by atoms with Crippen molar-refractivity contribution in [2.75, 3.05) is 10.2 Å². The Balaban J connectivity index is 1.50. The summed E-state index contributed by atoms with van der Waals surface area (Å²) < 4.78 is 0. The first kappa shape index (κ1) is 18.4. The van der Waals surface area contributed by atoms with Crippen LogP contribution in [0.4, 0.5) is 11.4 Å². The summed E-state index contributed by atoms with van der Waals surface area (Å²) in [5, 5.41) is 3.38. The second-order valence-electron chi connectivity index (χ2n) is 7.22. The summed E-state index contributed by atoms with van der Waals surface area (Å²) in [5.41, 5.74) is 2.73. The third-order valence-electron chi connectivity index (χ3n) is 5.31. The molecule has 6 heteroatoms. The van der Waals surface area contributed by atoms with Crippen molar-refractivity contribution in [3.63, 3.8) is 0 Å². The molecule has 1 fully saturated rings. The van der Waals surface area contributed by atoms with Gasteiger partial charge in [-0.15, -0.1) is 0 Å². The topological polar surface area (TPSA) is 66.5 Å². The number of fused-ring (bicyclic) bond motifs is 1. The zero-order valence-electron chi connectivity index (χ0n) is 15.3. The van der Waals surface area contributed by atoms with Crippen molar-refractivity contribution in [3.05, 3.63) is 70.8 Å². The zero-order chi connectivity index (χ0) is 19.8. The molecule has 1 N–H and O–H groups in total. The van der Waals surface area contributed by atoms with Crippen molar-refractivity contribution in [2.45, 2.75) is 19.8 Å². The number of imide groups is 1. The number of carbonyl (C=O) groups is 3. The summed E-state index contributed by atoms with van der Waals surface area (Å²) in [5.74, 6) is -1.13. The largest absolute Gasteiger partial charge is 0.322 e. The van der Waals surface area contributed by atoms with E-state index < -0.39 is 0 Å². The van der Waals surface area contributed by atoms with Crippen LogP contribution in [0.3, 0.4) is 0 Å². The minimum atomic E-state index is -0.276. The van der Waals surface area contributed by atoms with Crippen molar-refractivity contribution in [3.8, 4) is 0 Å². The molecule has 0 bridgehead atoms. The second-order valence-corrected chi connectivity index (χ2v) is 7.66. The summed E-state index contributed by atoms with van der Waals surface area (Å²) in [4.78, 5) is 39.2. The van der Waals surface area contributed by atoms with E-state index in [1.54, 1.807) is 48.5 Å². The van der Waals surface area contributed by atoms with Gasteiger partial charge in [-0.2, -0.15) is 0 Å². The fourth-order valence-corrected chi connectivity index (χ4v) is 3.92. The maximum absolute atomic E-state index is 12.8. The average Bonchev–Trinajstić information content (AvgIpc) is 2.93. The van der Waals surface area contributed by atoms with Crippen molar-refractivity contribution in [1.82, 2.24) is 0 Å². The number of nitrogens with one attached hydrogen (secondary N) is 1. The van der Waals surface area contributed by atoms with Crippen molar-refractivity contribution in [2.24, 2.45) is 11.8 Å². The van der Waals surface area contributed by atoms with Crippen LogP contribution in [0.2, 0.25) is 5.02 Å². The van der Waals surface area contributed by atoms with Gasteiger partial charge < -0.3 is 5.32 Å². The third-order valence-corrected chi connectivity index (χ3v) is 5.56. The average molecular weight is 395 g/mol. The molecule has 1 heterocycles. The van der Waals surface area contributed by atoms with E-state index >= 15 is 0 Å². The van der Waals surface area contributed by atoms with Gasteiger partial charge in [0.15, 0.2) is 0 Å². The molecule has 1 aliphatic heterocycles. The van der Waals surface area contributed by atoms with Gasteiger partial charge in [-0.05, 0) is 68.3 Å². The van der Waals surface area contributed by atoms with E-state index in [-0.39, 0.29) is 29.6 Å². The summed E-state index contributed by atoms with van der Waals surface area (Å²) in [6, 6.07) is 13.3. The lowest BCUT2D eigenvalue weighted by atomic mass is 9.82. The number of halogens is 1. The normalized spacial score (nSPS) is 21.4. The number of anilines is 2. The number of rotatable bonds is 3. The molecule has 2 aromatic carbocycles. The van der Waals surface area contributed by atoms with Crippen molar-refractivity contribution in [1.29, 1.82) is 0 Å². The highest BCUT2D eigenvalue weighted by Gasteiger charge is 2.48. The van der Waals surface area contributed by atoms with Crippen LogP contribution in [0.5, 0.6) is 0 Å². The molecule has 1 aliphatic carbocycles. The van der Waals surface area contributed by atoms with Crippen LogP contribution in [0, 0.1) is 11.8 Å². The van der Waals surface area contributed by atoms with Gasteiger partial charge in [0.1, 0.15) is 0 Å². The van der Waals surface area contributed by atoms with Crippen LogP contribution in [-0.2, 0) is 9.59 Å². The molecular formula is C22H19ClN2O3. The number of amides is 3. The van der Waals surface area contributed by atoms with Crippen LogP contribution >= 0.6 is 11.6 Å². The highest BCUT2D eigenvalue weighted by Crippen LogP contribution is 2.39. The van der Waals surface area contributed by atoms with Crippen molar-refractivity contribution >= 4 is 40.7 Å². The first-order chi connectivity index (χ1) is 13.4. The number of benzene rings is 2. The fraction of sp³-hybridized carbons (Fsp3) is 0.227. The molecule has 2 aliphatic rings. The summed E-state index contributed by atoms with van der Waals surface area (Å²) in [6.45, 7) is 1.99. The number of nitrogens with zero attached hydrogens (tertiary/aromatic N) is 1. The molecule has 0 saturated carbocycles. The number of allylic oxidation sites excluding steroid dienone is 2. The predicted octanol–water partition coefficient (Wildman–Crippen LogP) is 4.44. The summed E-state index contributed by atoms with van der Waals surface area (Å²) in [6.07, 6.45) is 3.28. The number of hydrogen-bond donors (Lipinski definition) is 1. The van der Waals surface area contributed by atoms with E-state index in [1.165, 1.54) is 4.90 Å². The minimum Gasteiger partial charge on any atom is -0.322 e. The standard InChI is InChI=1S/C22H19ClN2O3/c1-13-2-11-18-19(12-13)22(28)25(21(18)27)17-9-3-14(4-10-17)20(26)24-16-7-5-15(23)6-8-16/h2-10,18-19H,11-12H2,1H3,(H,24,26)/t18-,19-/m0/s1. The van der Waals surface area contributed by atoms with Gasteiger partial charge in [0.25, 0.3) is 5.91 Å². The highest BCUT2D eigenvalue weighted by atomic mass is 35.5. The smallest absolute Gasteiger partial charge is 0.255 e. The van der Waals surface area contributed by atoms with Gasteiger partial charge >= 0.3 is 0 Å². The Bertz CT molecular complexity index is 980. The molecule has 2 aromatic rings. The lowest BCUT2D eigenvalue weighted by Gasteiger charge is -2.18. The summed E-state index contributed by atoms with van der Waals surface area (Å²) in [7, 11) is 0. The zero-order valence-corrected chi connectivity index (χ0v) is 16.1. The Morgan fingerprint density at radius 2 is 1.64 bits per heavy atom. The van der Waals surface area contributed by atoms with Gasteiger partial charge in [0.2, 0.25) is 11.8 Å². The lowest BCUT2D eigenvalue weighted by Crippen LogP contribution is -2.30. The van der Waals surface area contributed by atoms with E-state index in [4.69, 9.17) is 11.6 Å². The van der Waals surface area contributed by atoms with Crippen LogP contribution in [0.1, 0.15) is 30.1 Å². The van der Waals surface area contributed by atoms with Crippen LogP contribution in [0.15, 0.2) is 60.2 Å². The van der Waals surface area contributed by atoms with E-state index in [9.17, 15) is 14.4 Å². The second kappa shape index (κ2) is 7.24. The molecule has 3 amide bonds. The van der Waals surface area contributed by atoms with E-state index in [1.807, 2.05) is 13.0 Å². The Morgan fingerprint density at radius 1 is 1.00 bits per heavy atom. The number of carbonyl (C=O) groups excluding carboxylic acids is 3. The molecule has 4 rings (SSSR count). The Morgan fingerprint density at radius 3 is 2.32 bits per heavy atom. The van der Waals surface area contributed by atoms with Crippen LogP contribution in [-0.4, -0.2) is 17.7 Å². The molecule has 2 atom stereocenters. The molecule has 28 heavy (non-hydrogen) atoms. The Hall–Kier alpha value is -2.92. The molecular weight excluding hydrogens is 376 g/mol. The van der Waals surface area contributed by atoms with Crippen molar-refractivity contribution < 1.29 is 14.4 Å². The van der Waals surface area contributed by atoms with Crippen LogP contribution < -0.4 is 10.2 Å². The monoisotopic (exact) mass is 394 g/mol. The van der Waals surface area contributed by atoms with E-state index in [2.05, 4.69) is 5.32 Å². The van der Waals surface area contributed by atoms with Gasteiger partial charge in [-0.25, -0.2) is 0 Å². The SMILES string of the molecule is CC1=CC[C@@H]2C(=O)N(c3ccc(C(=O)Nc4ccc(Cl)cc4)cc3)C(=O)[C@H]2C1. The fourth-order valence-electron chi connectivity index (χ4n) is 3.79. The molecule has 0 aromatic heterocycles. The molecule has 0 spiro atoms. The van der Waals surface area contributed by atoms with E-state index in [0.717, 1.165) is 5.57 Å². The number of hydrogen-bond acceptors (Lipinski definition) is 3. The predicted molar refractivity (Wildman–Crippen MR) is 108 cm³/mol. The van der Waals surface area contributed by atoms with Gasteiger partial charge in [-0.3, -0.25) is 19.3 Å². The maximum atomic E-state index is 12.8.